The molecule has 1 aliphatic carbocycles. The molecule has 34 heavy (non-hydrogen) atoms. The maximum absolute atomic E-state index is 12.6. The molecule has 0 saturated carbocycles. The molecule has 3 nitrogen and oxygen atoms in total. The van der Waals surface area contributed by atoms with Crippen molar-refractivity contribution < 1.29 is 9.53 Å². The molecule has 0 spiro atoms. The van der Waals surface area contributed by atoms with Crippen LogP contribution in [0, 0.1) is 5.92 Å². The summed E-state index contributed by atoms with van der Waals surface area (Å²) in [5, 5.41) is 3.09. The topological polar surface area (TPSA) is 38.3 Å². The highest BCUT2D eigenvalue weighted by Crippen LogP contribution is 2.30. The summed E-state index contributed by atoms with van der Waals surface area (Å²) >= 11 is 10.9. The molecule has 1 unspecified atom stereocenters. The molecule has 4 rings (SSSR count). The Morgan fingerprint density at radius 1 is 1.12 bits per heavy atom. The number of halogens is 2. The molecule has 1 atom stereocenters. The summed E-state index contributed by atoms with van der Waals surface area (Å²) in [4.78, 5) is 13.4. The van der Waals surface area contributed by atoms with Gasteiger partial charge in [-0.25, -0.2) is 0 Å². The van der Waals surface area contributed by atoms with Gasteiger partial charge in [-0.3, -0.25) is 9.52 Å². The Hall–Kier alpha value is -2.73. The van der Waals surface area contributed by atoms with Crippen molar-refractivity contribution in [2.45, 2.75) is 11.3 Å². The predicted octanol–water partition coefficient (Wildman–Crippen LogP) is 7.77. The molecular formula is C28H23BrClNO2S. The zero-order valence-electron chi connectivity index (χ0n) is 18.5. The predicted molar refractivity (Wildman–Crippen MR) is 146 cm³/mol. The van der Waals surface area contributed by atoms with Crippen molar-refractivity contribution >= 4 is 56.2 Å². The summed E-state index contributed by atoms with van der Waals surface area (Å²) in [5.74, 6) is 0.453. The molecule has 0 saturated heterocycles. The van der Waals surface area contributed by atoms with Gasteiger partial charge in [-0.1, -0.05) is 93.8 Å². The molecule has 0 fully saturated rings. The van der Waals surface area contributed by atoms with Gasteiger partial charge in [-0.05, 0) is 65.1 Å². The molecular weight excluding hydrogens is 530 g/mol. The molecule has 0 aliphatic heterocycles. The summed E-state index contributed by atoms with van der Waals surface area (Å²) in [7, 11) is 1.61. The molecule has 3 aromatic carbocycles. The average Bonchev–Trinajstić information content (AvgIpc) is 3.02. The first-order chi connectivity index (χ1) is 16.5. The van der Waals surface area contributed by atoms with Gasteiger partial charge in [-0.15, -0.1) is 0 Å². The van der Waals surface area contributed by atoms with E-state index in [0.29, 0.717) is 10.8 Å². The number of rotatable bonds is 7. The van der Waals surface area contributed by atoms with Crippen LogP contribution in [0.25, 0.3) is 10.8 Å². The number of amides is 1. The van der Waals surface area contributed by atoms with Gasteiger partial charge in [0.15, 0.2) is 0 Å². The van der Waals surface area contributed by atoms with E-state index in [1.165, 1.54) is 28.3 Å². The molecule has 1 amide bonds. The molecule has 0 aromatic heterocycles. The standard InChI is InChI=1S/C28H23BrClNO2S/c1-33-26-14-11-24(29)18-27(26)34-31-28(32)15-10-21-8-12-25(30)13-9-23(21)17-19-6-7-20-4-2-3-5-22(20)16-19/h2-16,18,21H,17H2,1H3,(H,31,32)/b15-10+. The van der Waals surface area contributed by atoms with E-state index in [0.717, 1.165) is 21.4 Å². The number of nitrogens with one attached hydrogen (secondary N) is 1. The van der Waals surface area contributed by atoms with E-state index in [2.05, 4.69) is 51.0 Å². The van der Waals surface area contributed by atoms with Crippen molar-refractivity contribution in [2.24, 2.45) is 5.92 Å². The summed E-state index contributed by atoms with van der Waals surface area (Å²) in [6, 6.07) is 20.5. The van der Waals surface area contributed by atoms with Crippen LogP contribution in [0.4, 0.5) is 0 Å². The van der Waals surface area contributed by atoms with E-state index in [1.807, 2.05) is 60.7 Å². The lowest BCUT2D eigenvalue weighted by Gasteiger charge is -2.14. The number of allylic oxidation sites excluding steroid dienone is 7. The second-order valence-corrected chi connectivity index (χ2v) is 9.96. The van der Waals surface area contributed by atoms with Crippen LogP contribution < -0.4 is 9.46 Å². The third-order valence-electron chi connectivity index (χ3n) is 5.41. The minimum absolute atomic E-state index is 0.0462. The number of hydrogen-bond acceptors (Lipinski definition) is 3. The molecule has 3 aromatic rings. The Morgan fingerprint density at radius 3 is 2.76 bits per heavy atom. The van der Waals surface area contributed by atoms with Crippen LogP contribution in [-0.4, -0.2) is 13.0 Å². The highest BCUT2D eigenvalue weighted by Gasteiger charge is 2.13. The van der Waals surface area contributed by atoms with Gasteiger partial charge in [0.25, 0.3) is 5.91 Å². The Morgan fingerprint density at radius 2 is 1.94 bits per heavy atom. The highest BCUT2D eigenvalue weighted by atomic mass is 79.9. The van der Waals surface area contributed by atoms with Gasteiger partial charge < -0.3 is 4.74 Å². The minimum atomic E-state index is -0.200. The molecule has 1 aliphatic rings. The van der Waals surface area contributed by atoms with Gasteiger partial charge in [0, 0.05) is 21.5 Å². The summed E-state index contributed by atoms with van der Waals surface area (Å²) in [6.45, 7) is 0. The van der Waals surface area contributed by atoms with Crippen molar-refractivity contribution in [3.05, 3.63) is 118 Å². The summed E-state index contributed by atoms with van der Waals surface area (Å²) in [6.07, 6.45) is 12.1. The molecule has 172 valence electrons. The Labute approximate surface area is 217 Å². The molecule has 0 bridgehead atoms. The van der Waals surface area contributed by atoms with E-state index < -0.39 is 0 Å². The van der Waals surface area contributed by atoms with Crippen molar-refractivity contribution in [1.29, 1.82) is 0 Å². The number of fused-ring (bicyclic) bond motifs is 1. The van der Waals surface area contributed by atoms with Crippen molar-refractivity contribution in [3.8, 4) is 5.75 Å². The second-order valence-electron chi connectivity index (χ2n) is 7.76. The fraction of sp³-hybridized carbons (Fsp3) is 0.107. The number of hydrogen-bond donors (Lipinski definition) is 1. The van der Waals surface area contributed by atoms with Crippen LogP contribution in [0.2, 0.25) is 0 Å². The van der Waals surface area contributed by atoms with E-state index in [1.54, 1.807) is 13.2 Å². The molecule has 1 N–H and O–H groups in total. The van der Waals surface area contributed by atoms with Gasteiger partial charge in [0.1, 0.15) is 5.75 Å². The lowest BCUT2D eigenvalue weighted by Crippen LogP contribution is -2.13. The number of methoxy groups -OCH3 is 1. The molecule has 6 heteroatoms. The largest absolute Gasteiger partial charge is 0.496 e. The Bertz CT molecular complexity index is 1330. The first kappa shape index (κ1) is 24.4. The van der Waals surface area contributed by atoms with Crippen molar-refractivity contribution in [2.75, 3.05) is 7.11 Å². The minimum Gasteiger partial charge on any atom is -0.496 e. The SMILES string of the molecule is COc1ccc(Br)cc1SNC(=O)/C=C/C1C=CC(Cl)=CC=C1Cc1ccc2ccccc2c1. The fourth-order valence-electron chi connectivity index (χ4n) is 3.68. The van der Waals surface area contributed by atoms with Crippen LogP contribution in [-0.2, 0) is 11.2 Å². The van der Waals surface area contributed by atoms with Gasteiger partial charge in [0.2, 0.25) is 0 Å². The van der Waals surface area contributed by atoms with Crippen LogP contribution >= 0.6 is 39.5 Å². The first-order valence-electron chi connectivity index (χ1n) is 10.7. The monoisotopic (exact) mass is 551 g/mol. The van der Waals surface area contributed by atoms with Crippen LogP contribution in [0.1, 0.15) is 5.56 Å². The summed E-state index contributed by atoms with van der Waals surface area (Å²) < 4.78 is 9.13. The molecule has 0 heterocycles. The van der Waals surface area contributed by atoms with Crippen molar-refractivity contribution in [1.82, 2.24) is 4.72 Å². The van der Waals surface area contributed by atoms with E-state index in [4.69, 9.17) is 16.3 Å². The van der Waals surface area contributed by atoms with Gasteiger partial charge in [-0.2, -0.15) is 0 Å². The molecule has 0 radical (unpaired) electrons. The zero-order chi connectivity index (χ0) is 23.9. The van der Waals surface area contributed by atoms with Gasteiger partial charge >= 0.3 is 0 Å². The van der Waals surface area contributed by atoms with Crippen LogP contribution in [0.3, 0.4) is 0 Å². The quantitative estimate of drug-likeness (QED) is 0.240. The maximum atomic E-state index is 12.6. The second kappa shape index (κ2) is 11.6. The average molecular weight is 553 g/mol. The Balaban J connectivity index is 1.46. The zero-order valence-corrected chi connectivity index (χ0v) is 21.7. The third-order valence-corrected chi connectivity index (χ3v) is 7.00. The van der Waals surface area contributed by atoms with E-state index >= 15 is 0 Å². The van der Waals surface area contributed by atoms with Crippen LogP contribution in [0.5, 0.6) is 5.75 Å². The normalized spacial score (nSPS) is 15.7. The lowest BCUT2D eigenvalue weighted by molar-refractivity contribution is -0.114. The third kappa shape index (κ3) is 6.44. The van der Waals surface area contributed by atoms with E-state index in [9.17, 15) is 4.79 Å². The number of benzene rings is 3. The first-order valence-corrected chi connectivity index (χ1v) is 12.7. The summed E-state index contributed by atoms with van der Waals surface area (Å²) in [5.41, 5.74) is 2.37. The Kier molecular flexibility index (Phi) is 8.33. The number of ether oxygens (including phenoxy) is 1. The number of carbonyl (C=O) groups is 1. The smallest absolute Gasteiger partial charge is 0.253 e. The van der Waals surface area contributed by atoms with Crippen LogP contribution in [0.15, 0.2) is 117 Å². The maximum Gasteiger partial charge on any atom is 0.253 e. The number of carbonyl (C=O) groups excluding carboxylic acids is 1. The fourth-order valence-corrected chi connectivity index (χ4v) is 5.05. The van der Waals surface area contributed by atoms with Crippen molar-refractivity contribution in [3.63, 3.8) is 0 Å². The van der Waals surface area contributed by atoms with E-state index in [-0.39, 0.29) is 11.8 Å². The van der Waals surface area contributed by atoms with Gasteiger partial charge in [0.05, 0.1) is 12.0 Å². The highest BCUT2D eigenvalue weighted by molar-refractivity contribution is 9.10. The lowest BCUT2D eigenvalue weighted by atomic mass is 9.91.